The van der Waals surface area contributed by atoms with Gasteiger partial charge in [0.15, 0.2) is 0 Å². The summed E-state index contributed by atoms with van der Waals surface area (Å²) >= 11 is 1.77. The molecule has 0 saturated carbocycles. The fourth-order valence-corrected chi connectivity index (χ4v) is 2.27. The molecule has 0 bridgehead atoms. The van der Waals surface area contributed by atoms with Gasteiger partial charge >= 0.3 is 0 Å². The molecule has 0 amide bonds. The number of nitrogens with one attached hydrogen (secondary N) is 2. The number of hydrogen-bond donors (Lipinski definition) is 2. The van der Waals surface area contributed by atoms with Crippen LogP contribution >= 0.6 is 11.3 Å². The van der Waals surface area contributed by atoms with E-state index in [1.165, 1.54) is 15.5 Å². The number of nitrogens with zero attached hydrogens (tertiary/aromatic N) is 1. The van der Waals surface area contributed by atoms with E-state index in [0.717, 1.165) is 26.2 Å². The van der Waals surface area contributed by atoms with Crippen LogP contribution in [0.2, 0.25) is 0 Å². The van der Waals surface area contributed by atoms with E-state index in [0.29, 0.717) is 0 Å². The van der Waals surface area contributed by atoms with Crippen molar-refractivity contribution in [3.63, 3.8) is 0 Å². The first kappa shape index (κ1) is 10.8. The van der Waals surface area contributed by atoms with E-state index >= 15 is 0 Å². The van der Waals surface area contributed by atoms with Crippen LogP contribution in [-0.4, -0.2) is 24.6 Å². The zero-order valence-electron chi connectivity index (χ0n) is 9.26. The Balaban J connectivity index is 1.75. The molecule has 1 aromatic rings. The third-order valence-corrected chi connectivity index (χ3v) is 3.53. The van der Waals surface area contributed by atoms with Crippen molar-refractivity contribution < 1.29 is 0 Å². The Hall–Kier alpha value is -0.710. The maximum Gasteiger partial charge on any atom is 0.107 e. The maximum absolute atomic E-state index is 4.32. The summed E-state index contributed by atoms with van der Waals surface area (Å²) in [5.74, 6) is 0. The summed E-state index contributed by atoms with van der Waals surface area (Å²) in [5, 5.41) is 7.86. The monoisotopic (exact) mass is 223 g/mol. The topological polar surface area (TPSA) is 37.0 Å². The van der Waals surface area contributed by atoms with Crippen LogP contribution in [0.3, 0.4) is 0 Å². The van der Waals surface area contributed by atoms with Gasteiger partial charge in [-0.25, -0.2) is 4.98 Å². The summed E-state index contributed by atoms with van der Waals surface area (Å²) in [6.07, 6.45) is 1.93. The van der Waals surface area contributed by atoms with Crippen LogP contribution < -0.4 is 10.6 Å². The first-order valence-corrected chi connectivity index (χ1v) is 6.07. The Bertz CT molecular complexity index is 362. The van der Waals surface area contributed by atoms with E-state index in [2.05, 4.69) is 29.5 Å². The Kier molecular flexibility index (Phi) is 3.51. The lowest BCUT2D eigenvalue weighted by Crippen LogP contribution is -2.36. The van der Waals surface area contributed by atoms with Gasteiger partial charge in [-0.3, -0.25) is 0 Å². The van der Waals surface area contributed by atoms with Gasteiger partial charge in [0.25, 0.3) is 0 Å². The van der Waals surface area contributed by atoms with Gasteiger partial charge in [-0.2, -0.15) is 0 Å². The van der Waals surface area contributed by atoms with Crippen LogP contribution in [0.15, 0.2) is 17.3 Å². The van der Waals surface area contributed by atoms with E-state index in [4.69, 9.17) is 0 Å². The van der Waals surface area contributed by atoms with Crippen LogP contribution in [0, 0.1) is 6.92 Å². The fraction of sp³-hybridized carbons (Fsp3) is 0.545. The zero-order chi connectivity index (χ0) is 10.7. The van der Waals surface area contributed by atoms with Crippen molar-refractivity contribution in [2.75, 3.05) is 19.6 Å². The molecule has 0 unspecified atom stereocenters. The molecular weight excluding hydrogens is 206 g/mol. The lowest BCUT2D eigenvalue weighted by atomic mass is 10.0. The van der Waals surface area contributed by atoms with Crippen molar-refractivity contribution in [2.45, 2.75) is 20.4 Å². The highest BCUT2D eigenvalue weighted by molar-refractivity contribution is 7.11. The third kappa shape index (κ3) is 2.87. The molecule has 0 aliphatic carbocycles. The van der Waals surface area contributed by atoms with Crippen LogP contribution in [0.5, 0.6) is 0 Å². The highest BCUT2D eigenvalue weighted by Gasteiger charge is 2.10. The van der Waals surface area contributed by atoms with Crippen molar-refractivity contribution in [3.05, 3.63) is 27.2 Å². The molecule has 1 aliphatic heterocycles. The van der Waals surface area contributed by atoms with Gasteiger partial charge in [0, 0.05) is 37.3 Å². The molecule has 0 aromatic carbocycles. The summed E-state index contributed by atoms with van der Waals surface area (Å²) in [6, 6.07) is 0. The summed E-state index contributed by atoms with van der Waals surface area (Å²) in [5.41, 5.74) is 3.03. The maximum atomic E-state index is 4.32. The van der Waals surface area contributed by atoms with Crippen molar-refractivity contribution in [3.8, 4) is 0 Å². The Morgan fingerprint density at radius 1 is 1.60 bits per heavy atom. The second kappa shape index (κ2) is 4.88. The summed E-state index contributed by atoms with van der Waals surface area (Å²) in [4.78, 5) is 5.60. The summed E-state index contributed by atoms with van der Waals surface area (Å²) in [7, 11) is 0. The van der Waals surface area contributed by atoms with Crippen molar-refractivity contribution in [2.24, 2.45) is 0 Å². The highest BCUT2D eigenvalue weighted by Crippen LogP contribution is 2.11. The van der Waals surface area contributed by atoms with Gasteiger partial charge in [0.1, 0.15) is 5.01 Å². The molecule has 3 nitrogen and oxygen atoms in total. The summed E-state index contributed by atoms with van der Waals surface area (Å²) in [6.45, 7) is 8.31. The van der Waals surface area contributed by atoms with Crippen molar-refractivity contribution in [1.82, 2.24) is 15.6 Å². The molecule has 1 aromatic heterocycles. The van der Waals surface area contributed by atoms with Crippen LogP contribution in [0.25, 0.3) is 0 Å². The average Bonchev–Trinajstić information content (AvgIpc) is 2.48. The average molecular weight is 223 g/mol. The van der Waals surface area contributed by atoms with E-state index < -0.39 is 0 Å². The number of aromatic nitrogens is 1. The molecule has 0 radical (unpaired) electrons. The van der Waals surface area contributed by atoms with Gasteiger partial charge < -0.3 is 10.6 Å². The van der Waals surface area contributed by atoms with E-state index in [9.17, 15) is 0 Å². The SMILES string of the molecule is CC(CNCc1ncc(C)s1)=C1CNC1. The number of hydrogen-bond acceptors (Lipinski definition) is 4. The van der Waals surface area contributed by atoms with Crippen LogP contribution in [-0.2, 0) is 6.54 Å². The van der Waals surface area contributed by atoms with E-state index in [-0.39, 0.29) is 0 Å². The molecule has 15 heavy (non-hydrogen) atoms. The van der Waals surface area contributed by atoms with Crippen molar-refractivity contribution in [1.29, 1.82) is 0 Å². The first-order valence-electron chi connectivity index (χ1n) is 5.26. The van der Waals surface area contributed by atoms with Gasteiger partial charge in [0.2, 0.25) is 0 Å². The molecule has 0 spiro atoms. The van der Waals surface area contributed by atoms with E-state index in [1.54, 1.807) is 16.9 Å². The predicted molar refractivity (Wildman–Crippen MR) is 64.1 cm³/mol. The molecular formula is C11H17N3S. The minimum atomic E-state index is 0.885. The van der Waals surface area contributed by atoms with Gasteiger partial charge in [-0.1, -0.05) is 5.57 Å². The standard InChI is InChI=1S/C11H17N3S/c1-8(10-5-13-6-10)3-12-7-11-14-4-9(2)15-11/h4,12-13H,3,5-7H2,1-2H3. The third-order valence-electron chi connectivity index (χ3n) is 2.62. The summed E-state index contributed by atoms with van der Waals surface area (Å²) < 4.78 is 0. The first-order chi connectivity index (χ1) is 7.25. The second-order valence-electron chi connectivity index (χ2n) is 3.96. The molecule has 4 heteroatoms. The molecule has 82 valence electrons. The second-order valence-corrected chi connectivity index (χ2v) is 5.27. The minimum absolute atomic E-state index is 0.885. The normalized spacial score (nSPS) is 15.2. The minimum Gasteiger partial charge on any atom is -0.309 e. The fourth-order valence-electron chi connectivity index (χ4n) is 1.52. The van der Waals surface area contributed by atoms with Gasteiger partial charge in [-0.15, -0.1) is 11.3 Å². The van der Waals surface area contributed by atoms with Crippen LogP contribution in [0.4, 0.5) is 0 Å². The molecule has 1 aliphatic rings. The lowest BCUT2D eigenvalue weighted by Gasteiger charge is -2.22. The Labute approximate surface area is 94.6 Å². The zero-order valence-corrected chi connectivity index (χ0v) is 10.1. The lowest BCUT2D eigenvalue weighted by molar-refractivity contribution is 0.640. The smallest absolute Gasteiger partial charge is 0.107 e. The van der Waals surface area contributed by atoms with Gasteiger partial charge in [0.05, 0.1) is 0 Å². The van der Waals surface area contributed by atoms with Crippen molar-refractivity contribution >= 4 is 11.3 Å². The number of rotatable bonds is 4. The van der Waals surface area contributed by atoms with E-state index in [1.807, 2.05) is 6.20 Å². The largest absolute Gasteiger partial charge is 0.309 e. The molecule has 1 fully saturated rings. The molecule has 2 N–H and O–H groups in total. The quantitative estimate of drug-likeness (QED) is 0.759. The Morgan fingerprint density at radius 2 is 2.40 bits per heavy atom. The number of aryl methyl sites for hydroxylation is 1. The molecule has 2 heterocycles. The van der Waals surface area contributed by atoms with Crippen LogP contribution in [0.1, 0.15) is 16.8 Å². The predicted octanol–water partition coefficient (Wildman–Crippen LogP) is 1.46. The molecule has 2 rings (SSSR count). The van der Waals surface area contributed by atoms with Gasteiger partial charge in [-0.05, 0) is 19.4 Å². The molecule has 1 saturated heterocycles. The number of thiazole rings is 1. The Morgan fingerprint density at radius 3 is 2.93 bits per heavy atom. The highest BCUT2D eigenvalue weighted by atomic mass is 32.1. The molecule has 0 atom stereocenters.